The van der Waals surface area contributed by atoms with Crippen LogP contribution in [0.25, 0.3) is 0 Å². The molecule has 0 spiro atoms. The van der Waals surface area contributed by atoms with Gasteiger partial charge in [0.05, 0.1) is 0 Å². The minimum absolute atomic E-state index is 0.230. The molecule has 0 unspecified atom stereocenters. The highest BCUT2D eigenvalue weighted by molar-refractivity contribution is 5.22. The predicted octanol–water partition coefficient (Wildman–Crippen LogP) is 7.74. The van der Waals surface area contributed by atoms with Crippen LogP contribution in [0.2, 0.25) is 0 Å². The third-order valence-corrected chi connectivity index (χ3v) is 4.71. The van der Waals surface area contributed by atoms with Gasteiger partial charge in [-0.15, -0.1) is 0 Å². The number of hydrogen-bond acceptors (Lipinski definition) is 2. The van der Waals surface area contributed by atoms with Crippen molar-refractivity contribution >= 4 is 0 Å². The number of aromatic nitrogens is 2. The molecule has 0 fully saturated rings. The summed E-state index contributed by atoms with van der Waals surface area (Å²) < 4.78 is 0. The zero-order chi connectivity index (χ0) is 22.8. The van der Waals surface area contributed by atoms with Gasteiger partial charge in [0.25, 0.3) is 0 Å². The van der Waals surface area contributed by atoms with Gasteiger partial charge in [-0.25, -0.2) is 0 Å². The molecule has 3 rings (SSSR count). The van der Waals surface area contributed by atoms with Gasteiger partial charge in [0.2, 0.25) is 0 Å². The van der Waals surface area contributed by atoms with Crippen LogP contribution in [0.3, 0.4) is 0 Å². The van der Waals surface area contributed by atoms with Crippen molar-refractivity contribution in [3.05, 3.63) is 96.1 Å². The van der Waals surface area contributed by atoms with Crippen LogP contribution in [0.15, 0.2) is 79.4 Å². The van der Waals surface area contributed by atoms with Gasteiger partial charge in [0, 0.05) is 24.8 Å². The molecule has 0 saturated heterocycles. The van der Waals surface area contributed by atoms with Crippen LogP contribution in [0.1, 0.15) is 79.0 Å². The molecule has 1 aromatic carbocycles. The molecular weight excluding hydrogens is 364 g/mol. The molecule has 3 aromatic rings. The number of hydrogen-bond donors (Lipinski definition) is 0. The number of rotatable bonds is 0. The highest BCUT2D eigenvalue weighted by Gasteiger charge is 2.13. The smallest absolute Gasteiger partial charge is 0.0305 e. The molecule has 0 aliphatic carbocycles. The number of pyridine rings is 2. The lowest BCUT2D eigenvalue weighted by Crippen LogP contribution is -2.10. The normalized spacial score (nSPS) is 11.5. The molecular formula is C28H40N2. The van der Waals surface area contributed by atoms with Crippen molar-refractivity contribution in [2.24, 2.45) is 0 Å². The average molecular weight is 405 g/mol. The van der Waals surface area contributed by atoms with Gasteiger partial charge < -0.3 is 0 Å². The van der Waals surface area contributed by atoms with Gasteiger partial charge in [-0.05, 0) is 51.1 Å². The van der Waals surface area contributed by atoms with E-state index in [0.29, 0.717) is 5.41 Å². The molecule has 0 amide bonds. The Morgan fingerprint density at radius 2 is 0.867 bits per heavy atom. The highest BCUT2D eigenvalue weighted by atomic mass is 14.6. The minimum Gasteiger partial charge on any atom is -0.265 e. The van der Waals surface area contributed by atoms with Gasteiger partial charge in [-0.3, -0.25) is 9.97 Å². The zero-order valence-electron chi connectivity index (χ0n) is 20.4. The van der Waals surface area contributed by atoms with Crippen molar-refractivity contribution < 1.29 is 0 Å². The second kappa shape index (κ2) is 11.1. The largest absolute Gasteiger partial charge is 0.265 e. The van der Waals surface area contributed by atoms with E-state index in [4.69, 9.17) is 0 Å². The first kappa shape index (κ1) is 25.6. The van der Waals surface area contributed by atoms with Crippen molar-refractivity contribution in [1.82, 2.24) is 9.97 Å². The van der Waals surface area contributed by atoms with Crippen LogP contribution in [0.5, 0.6) is 0 Å². The van der Waals surface area contributed by atoms with E-state index in [9.17, 15) is 0 Å². The Bertz CT molecular complexity index is 701. The maximum absolute atomic E-state index is 4.05. The van der Waals surface area contributed by atoms with Crippen molar-refractivity contribution in [3.8, 4) is 0 Å². The maximum atomic E-state index is 4.05. The summed E-state index contributed by atoms with van der Waals surface area (Å²) in [4.78, 5) is 8.01. The van der Waals surface area contributed by atoms with Gasteiger partial charge in [0.15, 0.2) is 0 Å². The van der Waals surface area contributed by atoms with Crippen molar-refractivity contribution in [2.75, 3.05) is 0 Å². The Morgan fingerprint density at radius 3 is 1.17 bits per heavy atom. The molecule has 0 atom stereocenters. The van der Waals surface area contributed by atoms with E-state index in [2.05, 4.69) is 121 Å². The SMILES string of the molecule is CC(C)(C)c1ccccc1.CC(C)(C)c1cccnc1.CC(C)(C)c1ccncc1. The Hall–Kier alpha value is -2.48. The summed E-state index contributed by atoms with van der Waals surface area (Å²) in [7, 11) is 0. The topological polar surface area (TPSA) is 25.8 Å². The Labute approximate surface area is 184 Å². The molecule has 2 heterocycles. The monoisotopic (exact) mass is 404 g/mol. The molecule has 2 heteroatoms. The molecule has 2 nitrogen and oxygen atoms in total. The third kappa shape index (κ3) is 9.82. The van der Waals surface area contributed by atoms with E-state index in [-0.39, 0.29) is 10.8 Å². The lowest BCUT2D eigenvalue weighted by molar-refractivity contribution is 0.587. The summed E-state index contributed by atoms with van der Waals surface area (Å²) in [6.45, 7) is 19.8. The molecule has 0 aliphatic heterocycles. The summed E-state index contributed by atoms with van der Waals surface area (Å²) in [5.74, 6) is 0. The van der Waals surface area contributed by atoms with E-state index in [0.717, 1.165) is 0 Å². The number of nitrogens with zero attached hydrogens (tertiary/aromatic N) is 2. The molecule has 2 aromatic heterocycles. The molecule has 162 valence electrons. The number of benzene rings is 1. The maximum Gasteiger partial charge on any atom is 0.0305 e. The molecule has 0 radical (unpaired) electrons. The molecule has 0 aliphatic rings. The van der Waals surface area contributed by atoms with Gasteiger partial charge in [0.1, 0.15) is 0 Å². The van der Waals surface area contributed by atoms with Crippen LogP contribution in [0, 0.1) is 0 Å². The van der Waals surface area contributed by atoms with Gasteiger partial charge in [-0.1, -0.05) is 98.7 Å². The first-order valence-electron chi connectivity index (χ1n) is 10.7. The van der Waals surface area contributed by atoms with Crippen LogP contribution >= 0.6 is 0 Å². The summed E-state index contributed by atoms with van der Waals surface area (Å²) in [5.41, 5.74) is 4.80. The third-order valence-electron chi connectivity index (χ3n) is 4.71. The first-order chi connectivity index (χ1) is 13.8. The van der Waals surface area contributed by atoms with Crippen LogP contribution in [0.4, 0.5) is 0 Å². The predicted molar refractivity (Wildman–Crippen MR) is 131 cm³/mol. The zero-order valence-corrected chi connectivity index (χ0v) is 20.4. The highest BCUT2D eigenvalue weighted by Crippen LogP contribution is 2.21. The fourth-order valence-corrected chi connectivity index (χ4v) is 2.60. The summed E-state index contributed by atoms with van der Waals surface area (Å²) in [6, 6.07) is 18.7. The van der Waals surface area contributed by atoms with E-state index in [1.165, 1.54) is 16.7 Å². The Morgan fingerprint density at radius 1 is 0.433 bits per heavy atom. The van der Waals surface area contributed by atoms with E-state index < -0.39 is 0 Å². The van der Waals surface area contributed by atoms with E-state index in [1.54, 1.807) is 6.20 Å². The second-order valence-corrected chi connectivity index (χ2v) is 10.6. The Kier molecular flexibility index (Phi) is 9.42. The second-order valence-electron chi connectivity index (χ2n) is 10.6. The molecule has 30 heavy (non-hydrogen) atoms. The van der Waals surface area contributed by atoms with Crippen molar-refractivity contribution in [3.63, 3.8) is 0 Å². The van der Waals surface area contributed by atoms with Gasteiger partial charge >= 0.3 is 0 Å². The van der Waals surface area contributed by atoms with E-state index >= 15 is 0 Å². The Balaban J connectivity index is 0.000000225. The van der Waals surface area contributed by atoms with Crippen molar-refractivity contribution in [1.29, 1.82) is 0 Å². The standard InChI is InChI=1S/C10H14.2C9H13N/c1-10(2,3)9-7-5-4-6-8-9;1-9(2,3)8-4-6-10-7-5-8;1-9(2,3)8-5-4-6-10-7-8/h4-8H,1-3H3;2*4-7H,1-3H3. The quantitative estimate of drug-likeness (QED) is 0.383. The minimum atomic E-state index is 0.230. The lowest BCUT2D eigenvalue weighted by atomic mass is 9.87. The lowest BCUT2D eigenvalue weighted by Gasteiger charge is -2.18. The van der Waals surface area contributed by atoms with E-state index in [1.807, 2.05) is 24.7 Å². The molecule has 0 saturated carbocycles. The fraction of sp³-hybridized carbons (Fsp3) is 0.429. The fourth-order valence-electron chi connectivity index (χ4n) is 2.60. The average Bonchev–Trinajstić information content (AvgIpc) is 2.69. The summed E-state index contributed by atoms with van der Waals surface area (Å²) in [6.07, 6.45) is 7.39. The van der Waals surface area contributed by atoms with Crippen LogP contribution in [-0.4, -0.2) is 9.97 Å². The summed E-state index contributed by atoms with van der Waals surface area (Å²) in [5, 5.41) is 0. The molecule has 0 bridgehead atoms. The van der Waals surface area contributed by atoms with Crippen molar-refractivity contribution in [2.45, 2.75) is 78.6 Å². The first-order valence-corrected chi connectivity index (χ1v) is 10.7. The molecule has 0 N–H and O–H groups in total. The van der Waals surface area contributed by atoms with Crippen LogP contribution < -0.4 is 0 Å². The summed E-state index contributed by atoms with van der Waals surface area (Å²) >= 11 is 0. The van der Waals surface area contributed by atoms with Gasteiger partial charge in [-0.2, -0.15) is 0 Å². The van der Waals surface area contributed by atoms with Crippen LogP contribution in [-0.2, 0) is 16.2 Å².